The van der Waals surface area contributed by atoms with Gasteiger partial charge in [-0.2, -0.15) is 0 Å². The quantitative estimate of drug-likeness (QED) is 0.890. The van der Waals surface area contributed by atoms with E-state index in [4.69, 9.17) is 5.73 Å². The van der Waals surface area contributed by atoms with Gasteiger partial charge in [-0.05, 0) is 55.5 Å². The van der Waals surface area contributed by atoms with Crippen LogP contribution in [-0.4, -0.2) is 19.1 Å². The van der Waals surface area contributed by atoms with Crippen LogP contribution in [0.1, 0.15) is 32.3 Å². The van der Waals surface area contributed by atoms with Crippen LogP contribution < -0.4 is 10.6 Å². The number of hydrogen-bond acceptors (Lipinski definition) is 2. The second kappa shape index (κ2) is 5.70. The lowest BCUT2D eigenvalue weighted by molar-refractivity contribution is 0.491. The van der Waals surface area contributed by atoms with Gasteiger partial charge in [0, 0.05) is 18.3 Å². The molecule has 0 aromatic heterocycles. The summed E-state index contributed by atoms with van der Waals surface area (Å²) in [6.45, 7) is 6.08. The van der Waals surface area contributed by atoms with E-state index in [0.717, 1.165) is 24.2 Å². The first-order valence-corrected chi connectivity index (χ1v) is 6.88. The average Bonchev–Trinajstić information content (AvgIpc) is 2.77. The second-order valence-corrected chi connectivity index (χ2v) is 5.50. The monoisotopic (exact) mass is 250 g/mol. The molecular weight excluding hydrogens is 227 g/mol. The molecule has 100 valence electrons. The first kappa shape index (κ1) is 13.3. The molecule has 0 bridgehead atoms. The van der Waals surface area contributed by atoms with Crippen molar-refractivity contribution in [1.82, 2.24) is 0 Å². The highest BCUT2D eigenvalue weighted by molar-refractivity contribution is 5.51. The number of anilines is 1. The molecule has 1 aliphatic rings. The average molecular weight is 250 g/mol. The second-order valence-electron chi connectivity index (χ2n) is 5.50. The van der Waals surface area contributed by atoms with Gasteiger partial charge in [-0.1, -0.05) is 13.8 Å². The summed E-state index contributed by atoms with van der Waals surface area (Å²) in [5, 5.41) is 0. The summed E-state index contributed by atoms with van der Waals surface area (Å²) in [5.41, 5.74) is 7.58. The third-order valence-electron chi connectivity index (χ3n) is 3.78. The van der Waals surface area contributed by atoms with E-state index in [1.54, 1.807) is 12.1 Å². The topological polar surface area (TPSA) is 29.3 Å². The number of halogens is 1. The molecular formula is C15H23FN2. The Kier molecular flexibility index (Phi) is 4.23. The van der Waals surface area contributed by atoms with E-state index < -0.39 is 0 Å². The summed E-state index contributed by atoms with van der Waals surface area (Å²) in [6.07, 6.45) is 3.15. The molecule has 1 aliphatic heterocycles. The van der Waals surface area contributed by atoms with E-state index in [1.165, 1.54) is 12.8 Å². The number of hydrogen-bond donors (Lipinski definition) is 1. The minimum atomic E-state index is -0.148. The van der Waals surface area contributed by atoms with Gasteiger partial charge in [0.15, 0.2) is 0 Å². The molecule has 1 atom stereocenters. The fraction of sp³-hybridized carbons (Fsp3) is 0.600. The van der Waals surface area contributed by atoms with E-state index in [-0.39, 0.29) is 5.82 Å². The van der Waals surface area contributed by atoms with Crippen molar-refractivity contribution in [1.29, 1.82) is 0 Å². The molecule has 3 heteroatoms. The molecule has 0 spiro atoms. The Balaban J connectivity index is 2.26. The zero-order valence-electron chi connectivity index (χ0n) is 11.3. The minimum absolute atomic E-state index is 0.148. The summed E-state index contributed by atoms with van der Waals surface area (Å²) in [6, 6.07) is 5.88. The maximum absolute atomic E-state index is 13.7. The maximum atomic E-state index is 13.7. The van der Waals surface area contributed by atoms with Crippen LogP contribution in [0.5, 0.6) is 0 Å². The van der Waals surface area contributed by atoms with Crippen molar-refractivity contribution in [3.63, 3.8) is 0 Å². The Morgan fingerprint density at radius 1 is 1.39 bits per heavy atom. The van der Waals surface area contributed by atoms with Gasteiger partial charge in [0.1, 0.15) is 5.82 Å². The molecule has 1 saturated heterocycles. The summed E-state index contributed by atoms with van der Waals surface area (Å²) < 4.78 is 13.7. The molecule has 1 aromatic rings. The Morgan fingerprint density at radius 3 is 2.83 bits per heavy atom. The predicted molar refractivity (Wildman–Crippen MR) is 74.4 cm³/mol. The summed E-state index contributed by atoms with van der Waals surface area (Å²) in [4.78, 5) is 2.35. The van der Waals surface area contributed by atoms with Gasteiger partial charge in [0.05, 0.1) is 0 Å². The van der Waals surface area contributed by atoms with Gasteiger partial charge in [0.25, 0.3) is 0 Å². The van der Waals surface area contributed by atoms with Crippen LogP contribution in [0, 0.1) is 11.7 Å². The van der Waals surface area contributed by atoms with Crippen molar-refractivity contribution in [3.8, 4) is 0 Å². The number of benzene rings is 1. The molecule has 0 aliphatic carbocycles. The number of nitrogens with two attached hydrogens (primary N) is 1. The number of rotatable bonds is 4. The lowest BCUT2D eigenvalue weighted by Gasteiger charge is -2.30. The first-order valence-electron chi connectivity index (χ1n) is 6.88. The predicted octanol–water partition coefficient (Wildman–Crippen LogP) is 2.95. The van der Waals surface area contributed by atoms with Gasteiger partial charge in [-0.15, -0.1) is 0 Å². The van der Waals surface area contributed by atoms with Gasteiger partial charge in [-0.25, -0.2) is 4.39 Å². The Bertz CT molecular complexity index is 403. The van der Waals surface area contributed by atoms with Crippen molar-refractivity contribution in [3.05, 3.63) is 29.6 Å². The molecule has 0 amide bonds. The van der Waals surface area contributed by atoms with Crippen LogP contribution in [0.2, 0.25) is 0 Å². The molecule has 1 fully saturated rings. The highest BCUT2D eigenvalue weighted by Gasteiger charge is 2.27. The normalized spacial score (nSPS) is 19.8. The van der Waals surface area contributed by atoms with E-state index >= 15 is 0 Å². The van der Waals surface area contributed by atoms with Crippen molar-refractivity contribution < 1.29 is 4.39 Å². The largest absolute Gasteiger partial charge is 0.368 e. The van der Waals surface area contributed by atoms with Gasteiger partial charge >= 0.3 is 0 Å². The van der Waals surface area contributed by atoms with Crippen molar-refractivity contribution in [2.24, 2.45) is 11.7 Å². The third kappa shape index (κ3) is 2.83. The molecule has 2 rings (SSSR count). The van der Waals surface area contributed by atoms with Crippen molar-refractivity contribution in [2.45, 2.75) is 39.2 Å². The fourth-order valence-corrected chi connectivity index (χ4v) is 2.92. The van der Waals surface area contributed by atoms with Crippen LogP contribution >= 0.6 is 0 Å². The van der Waals surface area contributed by atoms with Crippen LogP contribution in [0.4, 0.5) is 10.1 Å². The van der Waals surface area contributed by atoms with Crippen molar-refractivity contribution in [2.75, 3.05) is 18.0 Å². The molecule has 0 radical (unpaired) electrons. The Hall–Kier alpha value is -1.09. The fourth-order valence-electron chi connectivity index (χ4n) is 2.92. The highest BCUT2D eigenvalue weighted by Crippen LogP contribution is 2.30. The van der Waals surface area contributed by atoms with Gasteiger partial charge in [0.2, 0.25) is 0 Å². The summed E-state index contributed by atoms with van der Waals surface area (Å²) >= 11 is 0. The molecule has 2 nitrogen and oxygen atoms in total. The van der Waals surface area contributed by atoms with E-state index in [9.17, 15) is 4.39 Å². The maximum Gasteiger partial charge on any atom is 0.125 e. The van der Waals surface area contributed by atoms with E-state index in [2.05, 4.69) is 24.8 Å². The molecule has 1 heterocycles. The summed E-state index contributed by atoms with van der Waals surface area (Å²) in [5.74, 6) is 0.457. The Labute approximate surface area is 109 Å². The third-order valence-corrected chi connectivity index (χ3v) is 3.78. The zero-order valence-corrected chi connectivity index (χ0v) is 11.3. The first-order chi connectivity index (χ1) is 8.61. The lowest BCUT2D eigenvalue weighted by Crippen LogP contribution is -2.33. The minimum Gasteiger partial charge on any atom is -0.368 e. The van der Waals surface area contributed by atoms with E-state index in [1.807, 2.05) is 0 Å². The smallest absolute Gasteiger partial charge is 0.125 e. The van der Waals surface area contributed by atoms with Gasteiger partial charge < -0.3 is 10.6 Å². The van der Waals surface area contributed by atoms with Crippen LogP contribution in [0.25, 0.3) is 0 Å². The van der Waals surface area contributed by atoms with Crippen molar-refractivity contribution >= 4 is 5.69 Å². The van der Waals surface area contributed by atoms with Crippen LogP contribution in [0.15, 0.2) is 18.2 Å². The Morgan fingerprint density at radius 2 is 2.17 bits per heavy atom. The number of nitrogens with zero attached hydrogens (tertiary/aromatic N) is 1. The zero-order chi connectivity index (χ0) is 13.1. The van der Waals surface area contributed by atoms with Crippen LogP contribution in [-0.2, 0) is 6.42 Å². The lowest BCUT2D eigenvalue weighted by atomic mass is 10.0. The standard InChI is InChI=1S/C15H23FN2/c1-11(2)15-4-3-7-18(15)14-9-12(5-6-17)8-13(16)10-14/h8-11,15H,3-7,17H2,1-2H3. The van der Waals surface area contributed by atoms with E-state index in [0.29, 0.717) is 18.5 Å². The molecule has 1 aromatic carbocycles. The molecule has 2 N–H and O–H groups in total. The molecule has 1 unspecified atom stereocenters. The SMILES string of the molecule is CC(C)C1CCCN1c1cc(F)cc(CCN)c1. The molecule has 18 heavy (non-hydrogen) atoms. The summed E-state index contributed by atoms with van der Waals surface area (Å²) in [7, 11) is 0. The molecule has 0 saturated carbocycles. The highest BCUT2D eigenvalue weighted by atomic mass is 19.1. The van der Waals surface area contributed by atoms with Crippen LogP contribution in [0.3, 0.4) is 0 Å². The van der Waals surface area contributed by atoms with Gasteiger partial charge in [-0.3, -0.25) is 0 Å².